The van der Waals surface area contributed by atoms with Crippen molar-refractivity contribution in [2.75, 3.05) is 18.0 Å². The van der Waals surface area contributed by atoms with Crippen LogP contribution < -0.4 is 10.2 Å². The number of amidine groups is 1. The normalized spacial score (nSPS) is 21.3. The van der Waals surface area contributed by atoms with Gasteiger partial charge in [-0.05, 0) is 82.8 Å². The molecule has 0 spiro atoms. The van der Waals surface area contributed by atoms with Gasteiger partial charge in [0, 0.05) is 42.7 Å². The summed E-state index contributed by atoms with van der Waals surface area (Å²) in [6.07, 6.45) is 3.82. The molecular weight excluding hydrogens is 544 g/mol. The molecule has 0 aliphatic carbocycles. The van der Waals surface area contributed by atoms with Crippen LogP contribution in [-0.4, -0.2) is 29.1 Å². The number of anilines is 1. The van der Waals surface area contributed by atoms with E-state index in [2.05, 4.69) is 83.0 Å². The van der Waals surface area contributed by atoms with E-state index >= 15 is 0 Å². The Hall–Kier alpha value is -4.69. The second-order valence-electron chi connectivity index (χ2n) is 10.8. The summed E-state index contributed by atoms with van der Waals surface area (Å²) in [6, 6.07) is 32.0. The standard InChI is InChI=1S/C34H28N4O3S/c39-33-31(19-22-11-13-26(14-12-22)38(40)41)42-34(36-33)35-25-20-29-27(23-7-3-1-4-8-23)15-17-37-18-16-28(30(21-25)32(29)37)24-9-5-2-6-10-24/h1-14,19-21,27-28H,15-18H2,(H,35,36,39)/b31-19-/t27-,28-/m0/s1. The quantitative estimate of drug-likeness (QED) is 0.153. The van der Waals surface area contributed by atoms with Crippen molar-refractivity contribution in [3.8, 4) is 0 Å². The van der Waals surface area contributed by atoms with Gasteiger partial charge in [-0.25, -0.2) is 4.99 Å². The topological polar surface area (TPSA) is 87.8 Å². The van der Waals surface area contributed by atoms with Gasteiger partial charge >= 0.3 is 0 Å². The van der Waals surface area contributed by atoms with Gasteiger partial charge in [-0.15, -0.1) is 0 Å². The van der Waals surface area contributed by atoms with Crippen molar-refractivity contribution in [3.63, 3.8) is 0 Å². The molecule has 7 nitrogen and oxygen atoms in total. The Morgan fingerprint density at radius 3 is 1.98 bits per heavy atom. The van der Waals surface area contributed by atoms with Crippen molar-refractivity contribution in [2.45, 2.75) is 24.7 Å². The van der Waals surface area contributed by atoms with E-state index in [1.54, 1.807) is 18.2 Å². The van der Waals surface area contributed by atoms with E-state index in [0.29, 0.717) is 15.6 Å². The van der Waals surface area contributed by atoms with Crippen LogP contribution in [0.15, 0.2) is 107 Å². The van der Waals surface area contributed by atoms with E-state index in [1.807, 2.05) is 0 Å². The van der Waals surface area contributed by atoms with E-state index < -0.39 is 4.92 Å². The van der Waals surface area contributed by atoms with Gasteiger partial charge in [0.1, 0.15) is 0 Å². The minimum Gasteiger partial charge on any atom is -0.371 e. The molecule has 3 aliphatic heterocycles. The van der Waals surface area contributed by atoms with Gasteiger partial charge in [-0.2, -0.15) is 0 Å². The highest BCUT2D eigenvalue weighted by Gasteiger charge is 2.35. The Morgan fingerprint density at radius 2 is 1.43 bits per heavy atom. The molecule has 7 rings (SSSR count). The predicted molar refractivity (Wildman–Crippen MR) is 168 cm³/mol. The molecule has 42 heavy (non-hydrogen) atoms. The van der Waals surface area contributed by atoms with Crippen molar-refractivity contribution in [2.24, 2.45) is 4.99 Å². The summed E-state index contributed by atoms with van der Waals surface area (Å²) in [6.45, 7) is 2.05. The number of nitro benzene ring substituents is 1. The van der Waals surface area contributed by atoms with E-state index in [9.17, 15) is 14.9 Å². The van der Waals surface area contributed by atoms with E-state index in [-0.39, 0.29) is 23.4 Å². The third-order valence-corrected chi connectivity index (χ3v) is 9.19. The first-order valence-electron chi connectivity index (χ1n) is 14.1. The molecule has 2 atom stereocenters. The second kappa shape index (κ2) is 10.9. The molecule has 4 aromatic carbocycles. The largest absolute Gasteiger partial charge is 0.371 e. The number of hydrogen-bond donors (Lipinski definition) is 1. The smallest absolute Gasteiger partial charge is 0.269 e. The van der Waals surface area contributed by atoms with Crippen LogP contribution in [0.1, 0.15) is 52.5 Å². The van der Waals surface area contributed by atoms with Crippen molar-refractivity contribution in [3.05, 3.63) is 140 Å². The molecule has 1 N–H and O–H groups in total. The van der Waals surface area contributed by atoms with E-state index in [4.69, 9.17) is 4.99 Å². The minimum atomic E-state index is -0.436. The molecule has 0 radical (unpaired) electrons. The number of nitro groups is 1. The van der Waals surface area contributed by atoms with Crippen LogP contribution in [0.3, 0.4) is 0 Å². The second-order valence-corrected chi connectivity index (χ2v) is 11.8. The minimum absolute atomic E-state index is 0.0143. The number of carbonyl (C=O) groups excluding carboxylic acids is 1. The van der Waals surface area contributed by atoms with Gasteiger partial charge in [-0.1, -0.05) is 60.7 Å². The van der Waals surface area contributed by atoms with Crippen LogP contribution in [-0.2, 0) is 4.79 Å². The van der Waals surface area contributed by atoms with Gasteiger partial charge in [0.25, 0.3) is 11.6 Å². The zero-order chi connectivity index (χ0) is 28.6. The highest BCUT2D eigenvalue weighted by Crippen LogP contribution is 2.50. The lowest BCUT2D eigenvalue weighted by Gasteiger charge is -2.43. The summed E-state index contributed by atoms with van der Waals surface area (Å²) < 4.78 is 0. The maximum Gasteiger partial charge on any atom is 0.269 e. The van der Waals surface area contributed by atoms with Crippen LogP contribution in [0, 0.1) is 10.1 Å². The van der Waals surface area contributed by atoms with E-state index in [0.717, 1.165) is 31.6 Å². The third-order valence-electron chi connectivity index (χ3n) is 8.28. The lowest BCUT2D eigenvalue weighted by atomic mass is 9.76. The Bertz CT molecular complexity index is 1660. The molecule has 1 amide bonds. The monoisotopic (exact) mass is 572 g/mol. The van der Waals surface area contributed by atoms with Gasteiger partial charge in [0.05, 0.1) is 15.5 Å². The first kappa shape index (κ1) is 26.2. The first-order chi connectivity index (χ1) is 20.5. The summed E-state index contributed by atoms with van der Waals surface area (Å²) in [7, 11) is 0. The SMILES string of the molecule is O=C1NC(=Nc2cc3c4c(c2)[C@H](c2ccccc2)CCN4CC[C@H]3c2ccccc2)S/C1=C\c1ccc([N+](=O)[O-])cc1. The predicted octanol–water partition coefficient (Wildman–Crippen LogP) is 7.36. The fraction of sp³-hybridized carbons (Fsp3) is 0.176. The highest BCUT2D eigenvalue weighted by atomic mass is 32.2. The summed E-state index contributed by atoms with van der Waals surface area (Å²) in [4.78, 5) is 31.4. The number of amides is 1. The Balaban J connectivity index is 1.28. The molecule has 8 heteroatoms. The third kappa shape index (κ3) is 4.99. The molecule has 1 saturated heterocycles. The Kier molecular flexibility index (Phi) is 6.83. The maximum absolute atomic E-state index is 12.8. The van der Waals surface area contributed by atoms with Crippen molar-refractivity contribution in [1.29, 1.82) is 0 Å². The van der Waals surface area contributed by atoms with Gasteiger partial charge in [0.2, 0.25) is 0 Å². The number of aliphatic imine (C=N–C) groups is 1. The van der Waals surface area contributed by atoms with Gasteiger partial charge in [-0.3, -0.25) is 14.9 Å². The maximum atomic E-state index is 12.8. The van der Waals surface area contributed by atoms with Gasteiger partial charge < -0.3 is 10.2 Å². The molecule has 0 aromatic heterocycles. The molecule has 3 heterocycles. The van der Waals surface area contributed by atoms with Crippen LogP contribution >= 0.6 is 11.8 Å². The zero-order valence-corrected chi connectivity index (χ0v) is 23.6. The number of nitrogens with one attached hydrogen (secondary N) is 1. The lowest BCUT2D eigenvalue weighted by Crippen LogP contribution is -2.37. The number of benzene rings is 4. The average Bonchev–Trinajstić information content (AvgIpc) is 3.36. The first-order valence-corrected chi connectivity index (χ1v) is 14.9. The molecular formula is C34H28N4O3S. The summed E-state index contributed by atoms with van der Waals surface area (Å²) in [5.74, 6) is 0.315. The van der Waals surface area contributed by atoms with Crippen LogP contribution in [0.4, 0.5) is 17.1 Å². The highest BCUT2D eigenvalue weighted by molar-refractivity contribution is 8.18. The van der Waals surface area contributed by atoms with Crippen LogP contribution in [0.5, 0.6) is 0 Å². The van der Waals surface area contributed by atoms with Crippen molar-refractivity contribution >= 4 is 46.0 Å². The Morgan fingerprint density at radius 1 is 0.857 bits per heavy atom. The number of hydrogen-bond acceptors (Lipinski definition) is 6. The fourth-order valence-electron chi connectivity index (χ4n) is 6.35. The average molecular weight is 573 g/mol. The number of non-ortho nitro benzene ring substituents is 1. The summed E-state index contributed by atoms with van der Waals surface area (Å²) in [5.41, 5.74) is 8.09. The van der Waals surface area contributed by atoms with Crippen LogP contribution in [0.25, 0.3) is 6.08 Å². The Labute approximate surface area is 248 Å². The molecule has 3 aliphatic rings. The fourth-order valence-corrected chi connectivity index (χ4v) is 7.19. The molecule has 0 saturated carbocycles. The molecule has 208 valence electrons. The van der Waals surface area contributed by atoms with Crippen molar-refractivity contribution in [1.82, 2.24) is 5.32 Å². The lowest BCUT2D eigenvalue weighted by molar-refractivity contribution is -0.384. The molecule has 0 bridgehead atoms. The van der Waals surface area contributed by atoms with Crippen LogP contribution in [0.2, 0.25) is 0 Å². The number of rotatable bonds is 5. The van der Waals surface area contributed by atoms with Gasteiger partial charge in [0.15, 0.2) is 5.17 Å². The summed E-state index contributed by atoms with van der Waals surface area (Å²) >= 11 is 1.28. The molecule has 1 fully saturated rings. The van der Waals surface area contributed by atoms with E-state index in [1.165, 1.54) is 51.8 Å². The number of thioether (sulfide) groups is 1. The summed E-state index contributed by atoms with van der Waals surface area (Å²) in [5, 5.41) is 14.4. The van der Waals surface area contributed by atoms with Crippen molar-refractivity contribution < 1.29 is 9.72 Å². The molecule has 4 aromatic rings. The zero-order valence-electron chi connectivity index (χ0n) is 22.8. The number of carbonyl (C=O) groups is 1. The molecule has 0 unspecified atom stereocenters. The number of nitrogens with zero attached hydrogens (tertiary/aromatic N) is 3.